The smallest absolute Gasteiger partial charge is 0.228 e. The van der Waals surface area contributed by atoms with Crippen molar-refractivity contribution in [2.24, 2.45) is 5.92 Å². The van der Waals surface area contributed by atoms with E-state index in [1.165, 1.54) is 0 Å². The van der Waals surface area contributed by atoms with Gasteiger partial charge in [-0.2, -0.15) is 0 Å². The van der Waals surface area contributed by atoms with E-state index in [1.54, 1.807) is 12.1 Å². The van der Waals surface area contributed by atoms with Crippen LogP contribution in [-0.4, -0.2) is 24.9 Å². The number of amides is 2. The van der Waals surface area contributed by atoms with E-state index in [1.807, 2.05) is 0 Å². The molecule has 0 saturated carbocycles. The molecule has 21 heavy (non-hydrogen) atoms. The number of hydrogen-bond acceptors (Lipinski definition) is 3. The highest BCUT2D eigenvalue weighted by Crippen LogP contribution is 2.33. The van der Waals surface area contributed by atoms with Gasteiger partial charge in [-0.3, -0.25) is 9.59 Å². The van der Waals surface area contributed by atoms with Gasteiger partial charge in [-0.05, 0) is 49.5 Å². The van der Waals surface area contributed by atoms with Crippen molar-refractivity contribution in [1.82, 2.24) is 5.32 Å². The van der Waals surface area contributed by atoms with Crippen LogP contribution in [0.2, 0.25) is 5.02 Å². The van der Waals surface area contributed by atoms with Crippen molar-refractivity contribution in [3.8, 4) is 0 Å². The van der Waals surface area contributed by atoms with Crippen LogP contribution < -0.4 is 16.0 Å². The molecule has 1 aromatic rings. The van der Waals surface area contributed by atoms with Crippen LogP contribution in [0.4, 0.5) is 11.4 Å². The quantitative estimate of drug-likeness (QED) is 0.798. The van der Waals surface area contributed by atoms with Crippen molar-refractivity contribution >= 4 is 34.8 Å². The van der Waals surface area contributed by atoms with Crippen molar-refractivity contribution in [3.63, 3.8) is 0 Å². The third-order valence-electron chi connectivity index (χ3n) is 4.03. The number of carbonyl (C=O) groups is 2. The maximum atomic E-state index is 12.0. The highest BCUT2D eigenvalue weighted by Gasteiger charge is 2.21. The summed E-state index contributed by atoms with van der Waals surface area (Å²) in [5.41, 5.74) is 2.20. The van der Waals surface area contributed by atoms with Gasteiger partial charge in [0.05, 0.1) is 17.1 Å². The minimum Gasteiger partial charge on any atom is -0.325 e. The van der Waals surface area contributed by atoms with Crippen LogP contribution in [0, 0.1) is 5.92 Å². The molecule has 3 N–H and O–H groups in total. The summed E-state index contributed by atoms with van der Waals surface area (Å²) in [6, 6.07) is 3.48. The fraction of sp³-hybridized carbons (Fsp3) is 0.467. The zero-order valence-corrected chi connectivity index (χ0v) is 12.4. The minimum absolute atomic E-state index is 0.0268. The Morgan fingerprint density at radius 2 is 2.29 bits per heavy atom. The lowest BCUT2D eigenvalue weighted by Gasteiger charge is -2.11. The highest BCUT2D eigenvalue weighted by atomic mass is 35.5. The van der Waals surface area contributed by atoms with E-state index in [0.717, 1.165) is 37.2 Å². The Labute approximate surface area is 128 Å². The van der Waals surface area contributed by atoms with Gasteiger partial charge >= 0.3 is 0 Å². The van der Waals surface area contributed by atoms with Gasteiger partial charge in [0, 0.05) is 12.1 Å². The molecule has 112 valence electrons. The van der Waals surface area contributed by atoms with Crippen LogP contribution in [0.5, 0.6) is 0 Å². The molecule has 1 aromatic carbocycles. The lowest BCUT2D eigenvalue weighted by molar-refractivity contribution is -0.116. The second-order valence-electron chi connectivity index (χ2n) is 5.66. The maximum absolute atomic E-state index is 12.0. The van der Waals surface area contributed by atoms with E-state index in [4.69, 9.17) is 11.6 Å². The van der Waals surface area contributed by atoms with E-state index in [-0.39, 0.29) is 11.8 Å². The molecule has 2 amide bonds. The van der Waals surface area contributed by atoms with Crippen LogP contribution in [0.1, 0.15) is 24.8 Å². The Balaban J connectivity index is 1.60. The Bertz CT molecular complexity index is 583. The molecule has 5 nitrogen and oxygen atoms in total. The Hall–Kier alpha value is -1.59. The summed E-state index contributed by atoms with van der Waals surface area (Å²) < 4.78 is 0. The first-order valence-electron chi connectivity index (χ1n) is 7.24. The van der Waals surface area contributed by atoms with Gasteiger partial charge in [0.1, 0.15) is 0 Å². The third kappa shape index (κ3) is 3.36. The molecule has 0 aromatic heterocycles. The summed E-state index contributed by atoms with van der Waals surface area (Å²) in [7, 11) is 0. The molecule has 0 aliphatic carbocycles. The number of hydrogen-bond donors (Lipinski definition) is 3. The molecule has 3 rings (SSSR count). The van der Waals surface area contributed by atoms with Gasteiger partial charge < -0.3 is 16.0 Å². The number of rotatable bonds is 4. The van der Waals surface area contributed by atoms with Crippen LogP contribution in [0.3, 0.4) is 0 Å². The number of anilines is 2. The van der Waals surface area contributed by atoms with Crippen molar-refractivity contribution in [2.45, 2.75) is 25.7 Å². The molecule has 0 spiro atoms. The fourth-order valence-electron chi connectivity index (χ4n) is 2.85. The van der Waals surface area contributed by atoms with Crippen LogP contribution in [0.25, 0.3) is 0 Å². The third-order valence-corrected chi connectivity index (χ3v) is 4.35. The van der Waals surface area contributed by atoms with Crippen LogP contribution in [0.15, 0.2) is 12.1 Å². The Morgan fingerprint density at radius 3 is 3.05 bits per heavy atom. The summed E-state index contributed by atoms with van der Waals surface area (Å²) in [6.45, 7) is 2.05. The number of carbonyl (C=O) groups excluding carboxylic acids is 2. The standard InChI is InChI=1S/C15H18ClN3O2/c16-11-7-12-10(6-15(21)18-12)5-13(11)19-14(20)2-1-9-3-4-17-8-9/h5,7,9,17H,1-4,6,8H2,(H,18,21)(H,19,20). The first-order chi connectivity index (χ1) is 10.1. The number of fused-ring (bicyclic) bond motifs is 1. The first kappa shape index (κ1) is 14.4. The van der Waals surface area contributed by atoms with Gasteiger partial charge in [0.15, 0.2) is 0 Å². The molecule has 0 radical (unpaired) electrons. The molecule has 2 aliphatic rings. The molecule has 1 saturated heterocycles. The second kappa shape index (κ2) is 6.03. The molecule has 2 heterocycles. The van der Waals surface area contributed by atoms with Gasteiger partial charge in [-0.1, -0.05) is 11.6 Å². The molecule has 1 fully saturated rings. The second-order valence-corrected chi connectivity index (χ2v) is 6.07. The number of halogens is 1. The zero-order valence-electron chi connectivity index (χ0n) is 11.7. The van der Waals surface area contributed by atoms with Crippen molar-refractivity contribution in [1.29, 1.82) is 0 Å². The number of nitrogens with one attached hydrogen (secondary N) is 3. The molecule has 1 atom stereocenters. The van der Waals surface area contributed by atoms with Crippen LogP contribution >= 0.6 is 11.6 Å². The summed E-state index contributed by atoms with van der Waals surface area (Å²) in [5, 5.41) is 9.33. The fourth-order valence-corrected chi connectivity index (χ4v) is 3.06. The van der Waals surface area contributed by atoms with Crippen molar-refractivity contribution in [3.05, 3.63) is 22.7 Å². The van der Waals surface area contributed by atoms with Crippen LogP contribution in [-0.2, 0) is 16.0 Å². The van der Waals surface area contributed by atoms with E-state index in [9.17, 15) is 9.59 Å². The van der Waals surface area contributed by atoms with Gasteiger partial charge in [-0.15, -0.1) is 0 Å². The Morgan fingerprint density at radius 1 is 1.43 bits per heavy atom. The Kier molecular flexibility index (Phi) is 4.12. The summed E-state index contributed by atoms with van der Waals surface area (Å²) in [6.07, 6.45) is 2.86. The zero-order chi connectivity index (χ0) is 14.8. The van der Waals surface area contributed by atoms with E-state index < -0.39 is 0 Å². The van der Waals surface area contributed by atoms with Gasteiger partial charge in [-0.25, -0.2) is 0 Å². The van der Waals surface area contributed by atoms with Crippen molar-refractivity contribution in [2.75, 3.05) is 23.7 Å². The lowest BCUT2D eigenvalue weighted by atomic mass is 10.0. The monoisotopic (exact) mass is 307 g/mol. The molecular formula is C15H18ClN3O2. The minimum atomic E-state index is -0.0433. The summed E-state index contributed by atoms with van der Waals surface area (Å²) >= 11 is 6.15. The average molecular weight is 308 g/mol. The van der Waals surface area contributed by atoms with Crippen molar-refractivity contribution < 1.29 is 9.59 Å². The number of benzene rings is 1. The van der Waals surface area contributed by atoms with Gasteiger partial charge in [0.2, 0.25) is 11.8 Å². The predicted octanol–water partition coefficient (Wildman–Crippen LogP) is 2.16. The molecular weight excluding hydrogens is 290 g/mol. The average Bonchev–Trinajstić information content (AvgIpc) is 3.05. The lowest BCUT2D eigenvalue weighted by Crippen LogP contribution is -2.15. The summed E-state index contributed by atoms with van der Waals surface area (Å²) in [5.74, 6) is 0.521. The van der Waals surface area contributed by atoms with E-state index in [0.29, 0.717) is 29.5 Å². The molecule has 6 heteroatoms. The molecule has 2 aliphatic heterocycles. The highest BCUT2D eigenvalue weighted by molar-refractivity contribution is 6.34. The molecule has 0 bridgehead atoms. The molecule has 1 unspecified atom stereocenters. The normalized spacial score (nSPS) is 20.2. The largest absolute Gasteiger partial charge is 0.325 e. The topological polar surface area (TPSA) is 70.2 Å². The SMILES string of the molecule is O=C(CCC1CCNC1)Nc1cc2c(cc1Cl)NC(=O)C2. The van der Waals surface area contributed by atoms with E-state index >= 15 is 0 Å². The van der Waals surface area contributed by atoms with E-state index in [2.05, 4.69) is 16.0 Å². The maximum Gasteiger partial charge on any atom is 0.228 e. The first-order valence-corrected chi connectivity index (χ1v) is 7.62. The van der Waals surface area contributed by atoms with Gasteiger partial charge in [0.25, 0.3) is 0 Å². The summed E-state index contributed by atoms with van der Waals surface area (Å²) in [4.78, 5) is 23.4. The predicted molar refractivity (Wildman–Crippen MR) is 82.6 cm³/mol.